The average molecular weight is 354 g/mol. The summed E-state index contributed by atoms with van der Waals surface area (Å²) in [6, 6.07) is 8.36. The van der Waals surface area contributed by atoms with Crippen molar-refractivity contribution in [2.75, 3.05) is 7.11 Å². The maximum absolute atomic E-state index is 13.3. The Morgan fingerprint density at radius 2 is 2.23 bits per heavy atom. The van der Waals surface area contributed by atoms with Gasteiger partial charge in [0.05, 0.1) is 28.6 Å². The molecule has 8 nitrogen and oxygen atoms in total. The second-order valence-corrected chi connectivity index (χ2v) is 5.26. The van der Waals surface area contributed by atoms with E-state index in [4.69, 9.17) is 4.74 Å². The Bertz CT molecular complexity index is 1100. The number of aromatic amines is 1. The Hall–Kier alpha value is -3.93. The number of imidazole rings is 1. The van der Waals surface area contributed by atoms with Crippen molar-refractivity contribution in [3.05, 3.63) is 57.7 Å². The van der Waals surface area contributed by atoms with Gasteiger partial charge >= 0.3 is 5.69 Å². The fraction of sp³-hybridized carbons (Fsp3) is 0.0588. The lowest BCUT2D eigenvalue weighted by Crippen LogP contribution is -1.93. The van der Waals surface area contributed by atoms with Crippen molar-refractivity contribution in [2.45, 2.75) is 0 Å². The summed E-state index contributed by atoms with van der Waals surface area (Å²) in [4.78, 5) is 17.3. The lowest BCUT2D eigenvalue weighted by molar-refractivity contribution is -0.386. The molecule has 0 saturated carbocycles. The van der Waals surface area contributed by atoms with E-state index in [0.29, 0.717) is 11.0 Å². The second-order valence-electron chi connectivity index (χ2n) is 5.26. The molecule has 0 bridgehead atoms. The molecule has 9 heteroatoms. The maximum atomic E-state index is 13.3. The molecule has 0 atom stereocenters. The number of methoxy groups -OCH3 is 1. The highest BCUT2D eigenvalue weighted by Crippen LogP contribution is 2.37. The SMILES string of the molecule is COc1cc(/C=C(/C#N)c2nc3ccc(F)cc3[nH]2)cc([N+](=O)[O-])c1O. The van der Waals surface area contributed by atoms with Gasteiger partial charge in [-0.25, -0.2) is 9.37 Å². The first-order chi connectivity index (χ1) is 12.4. The Morgan fingerprint density at radius 3 is 2.88 bits per heavy atom. The number of fused-ring (bicyclic) bond motifs is 1. The van der Waals surface area contributed by atoms with Gasteiger partial charge in [0.25, 0.3) is 0 Å². The lowest BCUT2D eigenvalue weighted by Gasteiger charge is -2.05. The third kappa shape index (κ3) is 3.03. The number of nitro groups is 1. The number of aromatic nitrogens is 2. The maximum Gasteiger partial charge on any atom is 0.315 e. The van der Waals surface area contributed by atoms with Gasteiger partial charge in [0.1, 0.15) is 17.7 Å². The van der Waals surface area contributed by atoms with Crippen LogP contribution in [0.25, 0.3) is 22.7 Å². The van der Waals surface area contributed by atoms with Gasteiger partial charge in [-0.2, -0.15) is 5.26 Å². The normalized spacial score (nSPS) is 11.3. The largest absolute Gasteiger partial charge is 0.500 e. The van der Waals surface area contributed by atoms with E-state index >= 15 is 0 Å². The fourth-order valence-electron chi connectivity index (χ4n) is 2.42. The molecule has 0 radical (unpaired) electrons. The minimum Gasteiger partial charge on any atom is -0.500 e. The molecule has 1 aromatic heterocycles. The highest BCUT2D eigenvalue weighted by Gasteiger charge is 2.20. The summed E-state index contributed by atoms with van der Waals surface area (Å²) in [7, 11) is 1.26. The van der Waals surface area contributed by atoms with Gasteiger partial charge in [0.15, 0.2) is 5.75 Å². The van der Waals surface area contributed by atoms with Crippen molar-refractivity contribution >= 4 is 28.4 Å². The van der Waals surface area contributed by atoms with E-state index in [1.807, 2.05) is 6.07 Å². The molecular formula is C17H11FN4O4. The number of ether oxygens (including phenoxy) is 1. The lowest BCUT2D eigenvalue weighted by atomic mass is 10.1. The van der Waals surface area contributed by atoms with Crippen LogP contribution in [0.15, 0.2) is 30.3 Å². The van der Waals surface area contributed by atoms with E-state index in [9.17, 15) is 24.9 Å². The van der Waals surface area contributed by atoms with Crippen LogP contribution in [0.2, 0.25) is 0 Å². The van der Waals surface area contributed by atoms with Gasteiger partial charge in [-0.05, 0) is 35.9 Å². The predicted octanol–water partition coefficient (Wildman–Crippen LogP) is 3.39. The van der Waals surface area contributed by atoms with E-state index in [0.717, 1.165) is 6.07 Å². The molecule has 1 heterocycles. The number of aromatic hydroxyl groups is 1. The van der Waals surface area contributed by atoms with Crippen molar-refractivity contribution in [3.8, 4) is 17.6 Å². The first-order valence-corrected chi connectivity index (χ1v) is 7.25. The van der Waals surface area contributed by atoms with Crippen molar-refractivity contribution in [2.24, 2.45) is 0 Å². The number of hydrogen-bond acceptors (Lipinski definition) is 6. The molecule has 3 rings (SSSR count). The summed E-state index contributed by atoms with van der Waals surface area (Å²) in [6.07, 6.45) is 1.35. The third-order valence-electron chi connectivity index (χ3n) is 3.62. The highest BCUT2D eigenvalue weighted by atomic mass is 19.1. The number of nitrogens with zero attached hydrogens (tertiary/aromatic N) is 3. The topological polar surface area (TPSA) is 125 Å². The summed E-state index contributed by atoms with van der Waals surface area (Å²) in [5, 5.41) is 30.3. The molecule has 130 valence electrons. The zero-order chi connectivity index (χ0) is 18.8. The van der Waals surface area contributed by atoms with E-state index < -0.39 is 22.2 Å². The number of rotatable bonds is 4. The Labute approximate surface area is 145 Å². The number of H-pyrrole nitrogens is 1. The molecule has 0 unspecified atom stereocenters. The van der Waals surface area contributed by atoms with E-state index in [2.05, 4.69) is 9.97 Å². The first-order valence-electron chi connectivity index (χ1n) is 7.25. The molecule has 0 fully saturated rings. The van der Waals surface area contributed by atoms with Gasteiger partial charge in [-0.3, -0.25) is 10.1 Å². The molecule has 2 N–H and O–H groups in total. The standard InChI is InChI=1S/C17H11FN4O4/c1-26-15-6-9(5-14(16(15)23)22(24)25)4-10(8-19)17-20-12-3-2-11(18)7-13(12)21-17/h2-7,23H,1H3,(H,20,21)/b10-4-. The zero-order valence-corrected chi connectivity index (χ0v) is 13.4. The number of nitrogens with one attached hydrogen (secondary N) is 1. The molecular weight excluding hydrogens is 343 g/mol. The van der Waals surface area contributed by atoms with Gasteiger partial charge in [-0.15, -0.1) is 0 Å². The number of nitriles is 1. The van der Waals surface area contributed by atoms with Crippen LogP contribution in [0.1, 0.15) is 11.4 Å². The number of allylic oxidation sites excluding steroid dienone is 1. The smallest absolute Gasteiger partial charge is 0.315 e. The molecule has 3 aromatic rings. The van der Waals surface area contributed by atoms with Gasteiger partial charge in [-0.1, -0.05) is 0 Å². The second kappa shape index (κ2) is 6.52. The minimum atomic E-state index is -0.759. The average Bonchev–Trinajstić information content (AvgIpc) is 3.03. The molecule has 0 amide bonds. The highest BCUT2D eigenvalue weighted by molar-refractivity contribution is 5.91. The quantitative estimate of drug-likeness (QED) is 0.420. The number of phenols is 1. The number of hydrogen-bond donors (Lipinski definition) is 2. The van der Waals surface area contributed by atoms with E-state index in [1.54, 1.807) is 0 Å². The van der Waals surface area contributed by atoms with Crippen molar-refractivity contribution in [3.63, 3.8) is 0 Å². The minimum absolute atomic E-state index is 0.0728. The number of nitro benzene ring substituents is 1. The van der Waals surface area contributed by atoms with Crippen molar-refractivity contribution in [1.29, 1.82) is 5.26 Å². The van der Waals surface area contributed by atoms with Crippen LogP contribution >= 0.6 is 0 Å². The van der Waals surface area contributed by atoms with Gasteiger partial charge in [0, 0.05) is 6.07 Å². The summed E-state index contributed by atoms with van der Waals surface area (Å²) in [5.41, 5.74) is 0.657. The summed E-state index contributed by atoms with van der Waals surface area (Å²) in [6.45, 7) is 0. The molecule has 0 aliphatic carbocycles. The fourth-order valence-corrected chi connectivity index (χ4v) is 2.42. The zero-order valence-electron chi connectivity index (χ0n) is 13.4. The van der Waals surface area contributed by atoms with E-state index in [1.165, 1.54) is 37.5 Å². The van der Waals surface area contributed by atoms with Crippen LogP contribution in [-0.2, 0) is 0 Å². The van der Waals surface area contributed by atoms with Crippen LogP contribution < -0.4 is 4.74 Å². The van der Waals surface area contributed by atoms with Gasteiger partial charge in [0.2, 0.25) is 5.75 Å². The summed E-state index contributed by atoms with van der Waals surface area (Å²) >= 11 is 0. The molecule has 0 aliphatic heterocycles. The summed E-state index contributed by atoms with van der Waals surface area (Å²) < 4.78 is 18.2. The predicted molar refractivity (Wildman–Crippen MR) is 90.8 cm³/mol. The van der Waals surface area contributed by atoms with Crippen LogP contribution in [0.5, 0.6) is 11.5 Å². The molecule has 0 saturated heterocycles. The Balaban J connectivity index is 2.12. The Kier molecular flexibility index (Phi) is 4.24. The molecule has 0 aliphatic rings. The summed E-state index contributed by atoms with van der Waals surface area (Å²) in [5.74, 6) is -0.973. The number of halogens is 1. The first kappa shape index (κ1) is 16.9. The molecule has 26 heavy (non-hydrogen) atoms. The monoisotopic (exact) mass is 354 g/mol. The van der Waals surface area contributed by atoms with Crippen LogP contribution in [0.3, 0.4) is 0 Å². The Morgan fingerprint density at radius 1 is 1.46 bits per heavy atom. The van der Waals surface area contributed by atoms with Gasteiger partial charge < -0.3 is 14.8 Å². The van der Waals surface area contributed by atoms with Crippen molar-refractivity contribution < 1.29 is 19.2 Å². The molecule has 0 spiro atoms. The third-order valence-corrected chi connectivity index (χ3v) is 3.62. The number of benzene rings is 2. The van der Waals surface area contributed by atoms with Crippen LogP contribution in [-0.4, -0.2) is 27.1 Å². The van der Waals surface area contributed by atoms with E-state index in [-0.39, 0.29) is 22.7 Å². The van der Waals surface area contributed by atoms with Crippen LogP contribution in [0.4, 0.5) is 10.1 Å². The van der Waals surface area contributed by atoms with Crippen molar-refractivity contribution in [1.82, 2.24) is 9.97 Å². The number of phenolic OH excluding ortho intramolecular Hbond substituents is 1. The van der Waals surface area contributed by atoms with Crippen LogP contribution in [0, 0.1) is 27.3 Å². The molecule has 2 aromatic carbocycles.